The smallest absolute Gasteiger partial charge is 0.328 e. The monoisotopic (exact) mass is 162 g/mol. The molecule has 3 nitrogen and oxygen atoms in total. The van der Waals surface area contributed by atoms with Crippen LogP contribution in [0.4, 0.5) is 0 Å². The molecule has 1 aliphatic rings. The lowest BCUT2D eigenvalue weighted by Gasteiger charge is -1.98. The van der Waals surface area contributed by atoms with E-state index < -0.39 is 8.03 Å². The Morgan fingerprint density at radius 2 is 2.30 bits per heavy atom. The third-order valence-corrected chi connectivity index (χ3v) is 2.82. The van der Waals surface area contributed by atoms with Gasteiger partial charge in [-0.15, -0.1) is 0 Å². The highest BCUT2D eigenvalue weighted by atomic mass is 31.1. The fourth-order valence-electron chi connectivity index (χ4n) is 1.50. The molecule has 1 fully saturated rings. The predicted molar refractivity (Wildman–Crippen MR) is 40.0 cm³/mol. The third-order valence-electron chi connectivity index (χ3n) is 2.00. The van der Waals surface area contributed by atoms with Gasteiger partial charge in [-0.25, -0.2) is 0 Å². The molecule has 3 atom stereocenters. The van der Waals surface area contributed by atoms with Crippen LogP contribution >= 0.6 is 8.03 Å². The molecule has 0 aromatic heterocycles. The molecule has 1 aliphatic carbocycles. The largest absolute Gasteiger partial charge is 0.505 e. The van der Waals surface area contributed by atoms with Crippen LogP contribution in [-0.2, 0) is 4.57 Å². The maximum absolute atomic E-state index is 10.4. The molecule has 0 aromatic rings. The lowest BCUT2D eigenvalue weighted by Crippen LogP contribution is -2.15. The second-order valence-electron chi connectivity index (χ2n) is 2.97. The minimum Gasteiger partial charge on any atom is -0.328 e. The Morgan fingerprint density at radius 3 is 2.70 bits per heavy atom. The number of rotatable bonds is 2. The zero-order valence-electron chi connectivity index (χ0n) is 5.86. The van der Waals surface area contributed by atoms with Gasteiger partial charge >= 0.3 is 8.03 Å². The first kappa shape index (κ1) is 8.12. The zero-order valence-corrected chi connectivity index (χ0v) is 6.76. The van der Waals surface area contributed by atoms with Crippen molar-refractivity contribution < 1.29 is 9.46 Å². The molecular weight excluding hydrogens is 149 g/mol. The predicted octanol–water partition coefficient (Wildman–Crippen LogP) is 0.849. The Balaban J connectivity index is 2.24. The van der Waals surface area contributed by atoms with Crippen LogP contribution in [0.1, 0.15) is 19.3 Å². The van der Waals surface area contributed by atoms with Gasteiger partial charge in [0.25, 0.3) is 0 Å². The quantitative estimate of drug-likeness (QED) is 0.591. The van der Waals surface area contributed by atoms with E-state index >= 15 is 0 Å². The van der Waals surface area contributed by atoms with Gasteiger partial charge in [-0.1, -0.05) is 0 Å². The summed E-state index contributed by atoms with van der Waals surface area (Å²) in [5.74, 6) is 0.406. The van der Waals surface area contributed by atoms with Gasteiger partial charge in [0.05, 0.1) is 0 Å². The highest BCUT2D eigenvalue weighted by Gasteiger charge is 2.28. The van der Waals surface area contributed by atoms with Gasteiger partial charge in [-0.2, -0.15) is 4.89 Å². The molecule has 3 unspecified atom stereocenters. The van der Waals surface area contributed by atoms with Gasteiger partial charge in [0, 0.05) is 12.0 Å². The van der Waals surface area contributed by atoms with Crippen LogP contribution in [0.25, 0.3) is 0 Å². The topological polar surface area (TPSA) is 63.3 Å². The van der Waals surface area contributed by atoms with E-state index in [0.717, 1.165) is 19.3 Å². The lowest BCUT2D eigenvalue weighted by molar-refractivity contribution is 0.483. The Bertz CT molecular complexity index is 140. The van der Waals surface area contributed by atoms with Gasteiger partial charge in [-0.05, 0) is 23.8 Å². The average Bonchev–Trinajstić information content (AvgIpc) is 2.13. The first-order chi connectivity index (χ1) is 4.68. The molecule has 0 saturated heterocycles. The van der Waals surface area contributed by atoms with Crippen molar-refractivity contribution in [3.63, 3.8) is 0 Å². The van der Waals surface area contributed by atoms with Crippen molar-refractivity contribution in [3.05, 3.63) is 0 Å². The second kappa shape index (κ2) is 3.42. The molecule has 0 aliphatic heterocycles. The van der Waals surface area contributed by atoms with E-state index in [4.69, 9.17) is 10.6 Å². The first-order valence-electron chi connectivity index (χ1n) is 3.57. The van der Waals surface area contributed by atoms with Gasteiger partial charge in [0.2, 0.25) is 0 Å². The number of hydrogen-bond donors (Lipinski definition) is 2. The van der Waals surface area contributed by atoms with Crippen LogP contribution in [0.15, 0.2) is 0 Å². The number of hydrogen-bond acceptors (Lipinski definition) is 2. The maximum Gasteiger partial charge on any atom is 0.505 e. The second-order valence-corrected chi connectivity index (χ2v) is 4.04. The lowest BCUT2D eigenvalue weighted by atomic mass is 10.1. The minimum absolute atomic E-state index is 0.278. The van der Waals surface area contributed by atoms with Crippen molar-refractivity contribution >= 4 is 8.03 Å². The molecular formula is C6H13NO2P+. The third kappa shape index (κ3) is 2.33. The van der Waals surface area contributed by atoms with Crippen molar-refractivity contribution in [2.75, 3.05) is 6.16 Å². The van der Waals surface area contributed by atoms with Crippen molar-refractivity contribution in [2.45, 2.75) is 25.3 Å². The van der Waals surface area contributed by atoms with Crippen molar-refractivity contribution in [3.8, 4) is 0 Å². The Labute approximate surface area is 61.5 Å². The first-order valence-corrected chi connectivity index (χ1v) is 4.97. The van der Waals surface area contributed by atoms with E-state index in [1.807, 2.05) is 0 Å². The van der Waals surface area contributed by atoms with Crippen molar-refractivity contribution in [2.24, 2.45) is 11.7 Å². The summed E-state index contributed by atoms with van der Waals surface area (Å²) < 4.78 is 10.4. The van der Waals surface area contributed by atoms with Gasteiger partial charge < -0.3 is 5.73 Å². The van der Waals surface area contributed by atoms with Crippen molar-refractivity contribution in [1.82, 2.24) is 0 Å². The van der Waals surface area contributed by atoms with Gasteiger partial charge in [-0.3, -0.25) is 0 Å². The van der Waals surface area contributed by atoms with Crippen LogP contribution in [0.3, 0.4) is 0 Å². The summed E-state index contributed by atoms with van der Waals surface area (Å²) in [5.41, 5.74) is 5.62. The summed E-state index contributed by atoms with van der Waals surface area (Å²) in [6.07, 6.45) is 3.43. The van der Waals surface area contributed by atoms with E-state index in [1.165, 1.54) is 0 Å². The highest BCUT2D eigenvalue weighted by molar-refractivity contribution is 7.38. The Morgan fingerprint density at radius 1 is 1.60 bits per heavy atom. The van der Waals surface area contributed by atoms with Crippen LogP contribution in [0.2, 0.25) is 0 Å². The average molecular weight is 162 g/mol. The fraction of sp³-hybridized carbons (Fsp3) is 1.00. The molecule has 4 heteroatoms. The molecule has 0 aromatic carbocycles. The SMILES string of the molecule is NC1CCC(C[P+](=O)O)C1. The van der Waals surface area contributed by atoms with Gasteiger partial charge in [0.1, 0.15) is 0 Å². The summed E-state index contributed by atoms with van der Waals surface area (Å²) >= 11 is 0. The van der Waals surface area contributed by atoms with Crippen LogP contribution in [-0.4, -0.2) is 17.1 Å². The molecule has 0 amide bonds. The zero-order chi connectivity index (χ0) is 7.56. The van der Waals surface area contributed by atoms with Gasteiger partial charge in [0.15, 0.2) is 6.16 Å². The summed E-state index contributed by atoms with van der Waals surface area (Å²) in [7, 11) is -1.94. The molecule has 58 valence electrons. The molecule has 10 heavy (non-hydrogen) atoms. The molecule has 0 radical (unpaired) electrons. The minimum atomic E-state index is -1.94. The summed E-state index contributed by atoms with van der Waals surface area (Å²) in [6.45, 7) is 0. The van der Waals surface area contributed by atoms with Crippen LogP contribution in [0.5, 0.6) is 0 Å². The summed E-state index contributed by atoms with van der Waals surface area (Å²) in [6, 6.07) is 0.278. The Hall–Kier alpha value is 0.0200. The maximum atomic E-state index is 10.4. The number of nitrogens with two attached hydrogens (primary N) is 1. The van der Waals surface area contributed by atoms with E-state index in [1.54, 1.807) is 0 Å². The molecule has 0 bridgehead atoms. The fourth-order valence-corrected chi connectivity index (χ4v) is 2.27. The molecule has 0 heterocycles. The van der Waals surface area contributed by atoms with Crippen molar-refractivity contribution in [1.29, 1.82) is 0 Å². The summed E-state index contributed by atoms with van der Waals surface area (Å²) in [4.78, 5) is 8.57. The molecule has 3 N–H and O–H groups in total. The van der Waals surface area contributed by atoms with E-state index in [9.17, 15) is 4.57 Å². The molecule has 0 spiro atoms. The normalized spacial score (nSPS) is 34.4. The van der Waals surface area contributed by atoms with E-state index in [2.05, 4.69) is 0 Å². The highest BCUT2D eigenvalue weighted by Crippen LogP contribution is 2.30. The Kier molecular flexibility index (Phi) is 2.78. The standard InChI is InChI=1S/C6H12NO2P/c7-6-2-1-5(3-6)4-10(8)9/h5-6H,1-4,7H2/p+1. The van der Waals surface area contributed by atoms with Crippen LogP contribution < -0.4 is 5.73 Å². The van der Waals surface area contributed by atoms with E-state index in [0.29, 0.717) is 12.1 Å². The van der Waals surface area contributed by atoms with Crippen LogP contribution in [0, 0.1) is 5.92 Å². The van der Waals surface area contributed by atoms with E-state index in [-0.39, 0.29) is 6.04 Å². The molecule has 1 saturated carbocycles. The summed E-state index contributed by atoms with van der Waals surface area (Å²) in [5, 5.41) is 0. The molecule has 1 rings (SSSR count).